The number of carbonyl (C=O) groups is 1. The van der Waals surface area contributed by atoms with Gasteiger partial charge in [-0.05, 0) is 38.3 Å². The number of fused-ring (bicyclic) bond motifs is 1. The minimum Gasteiger partial charge on any atom is -0.468 e. The number of ether oxygens (including phenoxy) is 1. The van der Waals surface area contributed by atoms with Gasteiger partial charge in [0, 0.05) is 12.6 Å². The highest BCUT2D eigenvalue weighted by atomic mass is 16.5. The van der Waals surface area contributed by atoms with Gasteiger partial charge in [0.1, 0.15) is 5.54 Å². The monoisotopic (exact) mass is 254 g/mol. The molecule has 2 rings (SSSR count). The van der Waals surface area contributed by atoms with Gasteiger partial charge in [-0.2, -0.15) is 0 Å². The number of hydrogen-bond acceptors (Lipinski definition) is 4. The minimum absolute atomic E-state index is 0.0717. The molecule has 2 atom stereocenters. The molecule has 0 spiro atoms. The number of nitrogens with one attached hydrogen (secondary N) is 1. The summed E-state index contributed by atoms with van der Waals surface area (Å²) in [5.41, 5.74) is -0.459. The Bertz CT molecular complexity index is 306. The van der Waals surface area contributed by atoms with Crippen LogP contribution < -0.4 is 5.32 Å². The van der Waals surface area contributed by atoms with E-state index in [0.29, 0.717) is 12.0 Å². The SMILES string of the molecule is COC(=O)C1(NCC(C)C)CCN2CCCCC21. The Kier molecular flexibility index (Phi) is 4.28. The predicted molar refractivity (Wildman–Crippen MR) is 71.4 cm³/mol. The maximum Gasteiger partial charge on any atom is 0.327 e. The topological polar surface area (TPSA) is 41.6 Å². The molecule has 4 heteroatoms. The molecule has 0 aromatic carbocycles. The molecule has 0 bridgehead atoms. The number of hydrogen-bond donors (Lipinski definition) is 1. The molecule has 2 aliphatic heterocycles. The van der Waals surface area contributed by atoms with Crippen molar-refractivity contribution in [3.63, 3.8) is 0 Å². The Morgan fingerprint density at radius 1 is 1.44 bits per heavy atom. The zero-order chi connectivity index (χ0) is 13.2. The van der Waals surface area contributed by atoms with Crippen LogP contribution in [0.2, 0.25) is 0 Å². The number of carbonyl (C=O) groups excluding carboxylic acids is 1. The van der Waals surface area contributed by atoms with Gasteiger partial charge in [-0.3, -0.25) is 4.90 Å². The molecule has 1 N–H and O–H groups in total. The Labute approximate surface area is 110 Å². The molecule has 0 aromatic heterocycles. The summed E-state index contributed by atoms with van der Waals surface area (Å²) in [6, 6.07) is 0.331. The summed E-state index contributed by atoms with van der Waals surface area (Å²) in [5.74, 6) is 0.474. The summed E-state index contributed by atoms with van der Waals surface area (Å²) in [5, 5.41) is 3.53. The maximum atomic E-state index is 12.3. The molecule has 2 fully saturated rings. The molecule has 0 aliphatic carbocycles. The van der Waals surface area contributed by atoms with Crippen molar-refractivity contribution in [1.82, 2.24) is 10.2 Å². The van der Waals surface area contributed by atoms with Crippen LogP contribution in [-0.4, -0.2) is 49.2 Å². The van der Waals surface area contributed by atoms with Gasteiger partial charge >= 0.3 is 5.97 Å². The van der Waals surface area contributed by atoms with Crippen LogP contribution in [0.3, 0.4) is 0 Å². The van der Waals surface area contributed by atoms with Crippen LogP contribution in [0.25, 0.3) is 0 Å². The second-order valence-electron chi connectivity index (χ2n) is 6.04. The van der Waals surface area contributed by atoms with E-state index in [4.69, 9.17) is 4.74 Å². The maximum absolute atomic E-state index is 12.3. The van der Waals surface area contributed by atoms with Crippen molar-refractivity contribution in [3.05, 3.63) is 0 Å². The van der Waals surface area contributed by atoms with Crippen molar-refractivity contribution in [1.29, 1.82) is 0 Å². The highest BCUT2D eigenvalue weighted by Crippen LogP contribution is 2.36. The first-order valence-electron chi connectivity index (χ1n) is 7.17. The van der Waals surface area contributed by atoms with Crippen molar-refractivity contribution >= 4 is 5.97 Å². The van der Waals surface area contributed by atoms with Crippen molar-refractivity contribution in [2.24, 2.45) is 5.92 Å². The van der Waals surface area contributed by atoms with Crippen molar-refractivity contribution < 1.29 is 9.53 Å². The second-order valence-corrected chi connectivity index (χ2v) is 6.04. The highest BCUT2D eigenvalue weighted by molar-refractivity contribution is 5.82. The molecular weight excluding hydrogens is 228 g/mol. The lowest BCUT2D eigenvalue weighted by Crippen LogP contribution is -2.62. The minimum atomic E-state index is -0.459. The average molecular weight is 254 g/mol. The summed E-state index contributed by atoms with van der Waals surface area (Å²) >= 11 is 0. The van der Waals surface area contributed by atoms with Crippen LogP contribution in [0.1, 0.15) is 39.5 Å². The van der Waals surface area contributed by atoms with Crippen molar-refractivity contribution in [2.45, 2.75) is 51.1 Å². The molecule has 0 amide bonds. The summed E-state index contributed by atoms with van der Waals surface area (Å²) < 4.78 is 5.09. The lowest BCUT2D eigenvalue weighted by Gasteiger charge is -2.39. The van der Waals surface area contributed by atoms with Crippen LogP contribution in [0, 0.1) is 5.92 Å². The van der Waals surface area contributed by atoms with Gasteiger partial charge in [0.2, 0.25) is 0 Å². The quantitative estimate of drug-likeness (QED) is 0.770. The predicted octanol–water partition coefficient (Wildman–Crippen LogP) is 1.40. The molecule has 2 heterocycles. The Balaban J connectivity index is 2.16. The smallest absolute Gasteiger partial charge is 0.327 e. The fraction of sp³-hybridized carbons (Fsp3) is 0.929. The zero-order valence-corrected chi connectivity index (χ0v) is 11.9. The van der Waals surface area contributed by atoms with Crippen molar-refractivity contribution in [3.8, 4) is 0 Å². The number of rotatable bonds is 4. The number of piperidine rings is 1. The average Bonchev–Trinajstić information content (AvgIpc) is 2.76. The van der Waals surface area contributed by atoms with E-state index in [0.717, 1.165) is 32.5 Å². The third-order valence-electron chi connectivity index (χ3n) is 4.35. The zero-order valence-electron chi connectivity index (χ0n) is 11.9. The summed E-state index contributed by atoms with van der Waals surface area (Å²) in [6.07, 6.45) is 4.48. The van der Waals surface area contributed by atoms with Gasteiger partial charge in [0.05, 0.1) is 7.11 Å². The summed E-state index contributed by atoms with van der Waals surface area (Å²) in [4.78, 5) is 14.8. The Morgan fingerprint density at radius 2 is 2.22 bits per heavy atom. The molecule has 18 heavy (non-hydrogen) atoms. The van der Waals surface area contributed by atoms with Gasteiger partial charge < -0.3 is 10.1 Å². The van der Waals surface area contributed by atoms with E-state index in [1.54, 1.807) is 0 Å². The van der Waals surface area contributed by atoms with E-state index in [9.17, 15) is 4.79 Å². The molecule has 2 saturated heterocycles. The second kappa shape index (κ2) is 5.57. The van der Waals surface area contributed by atoms with Gasteiger partial charge in [0.15, 0.2) is 0 Å². The molecule has 2 aliphatic rings. The summed E-state index contributed by atoms with van der Waals surface area (Å²) in [6.45, 7) is 7.37. The first kappa shape index (κ1) is 13.8. The first-order chi connectivity index (χ1) is 8.60. The van der Waals surface area contributed by atoms with Gasteiger partial charge in [0.25, 0.3) is 0 Å². The van der Waals surface area contributed by atoms with Crippen molar-refractivity contribution in [2.75, 3.05) is 26.7 Å². The van der Waals surface area contributed by atoms with E-state index in [1.165, 1.54) is 20.0 Å². The van der Waals surface area contributed by atoms with Gasteiger partial charge in [-0.15, -0.1) is 0 Å². The Morgan fingerprint density at radius 3 is 2.89 bits per heavy atom. The highest BCUT2D eigenvalue weighted by Gasteiger charge is 2.53. The van der Waals surface area contributed by atoms with Gasteiger partial charge in [-0.1, -0.05) is 20.3 Å². The fourth-order valence-electron chi connectivity index (χ4n) is 3.39. The molecule has 0 saturated carbocycles. The van der Waals surface area contributed by atoms with E-state index in [2.05, 4.69) is 24.1 Å². The molecule has 0 aromatic rings. The van der Waals surface area contributed by atoms with Crippen LogP contribution in [0.5, 0.6) is 0 Å². The lowest BCUT2D eigenvalue weighted by molar-refractivity contribution is -0.150. The summed E-state index contributed by atoms with van der Waals surface area (Å²) in [7, 11) is 1.51. The standard InChI is InChI=1S/C14H26N2O2/c1-11(2)10-15-14(13(17)18-3)7-9-16-8-5-4-6-12(14)16/h11-12,15H,4-10H2,1-3H3. The van der Waals surface area contributed by atoms with E-state index >= 15 is 0 Å². The van der Waals surface area contributed by atoms with Crippen LogP contribution in [0.4, 0.5) is 0 Å². The normalized spacial score (nSPS) is 32.6. The molecular formula is C14H26N2O2. The van der Waals surface area contributed by atoms with E-state index < -0.39 is 5.54 Å². The first-order valence-corrected chi connectivity index (χ1v) is 7.17. The number of methoxy groups -OCH3 is 1. The largest absolute Gasteiger partial charge is 0.468 e. The molecule has 2 unspecified atom stereocenters. The van der Waals surface area contributed by atoms with E-state index in [1.807, 2.05) is 0 Å². The van der Waals surface area contributed by atoms with Crippen LogP contribution >= 0.6 is 0 Å². The third kappa shape index (κ3) is 2.41. The number of nitrogens with zero attached hydrogens (tertiary/aromatic N) is 1. The fourth-order valence-corrected chi connectivity index (χ4v) is 3.39. The van der Waals surface area contributed by atoms with Crippen LogP contribution in [0.15, 0.2) is 0 Å². The van der Waals surface area contributed by atoms with Crippen LogP contribution in [-0.2, 0) is 9.53 Å². The molecule has 104 valence electrons. The van der Waals surface area contributed by atoms with Gasteiger partial charge in [-0.25, -0.2) is 4.79 Å². The Hall–Kier alpha value is -0.610. The van der Waals surface area contributed by atoms with E-state index in [-0.39, 0.29) is 5.97 Å². The lowest BCUT2D eigenvalue weighted by atomic mass is 9.85. The third-order valence-corrected chi connectivity index (χ3v) is 4.35. The molecule has 0 radical (unpaired) electrons. The number of esters is 1. The molecule has 4 nitrogen and oxygen atoms in total.